The summed E-state index contributed by atoms with van der Waals surface area (Å²) in [4.78, 5) is 0. The average molecular weight is 209 g/mol. The van der Waals surface area contributed by atoms with Gasteiger partial charge < -0.3 is 0 Å². The van der Waals surface area contributed by atoms with Gasteiger partial charge in [-0.3, -0.25) is 0 Å². The van der Waals surface area contributed by atoms with Gasteiger partial charge in [-0.15, -0.1) is 0 Å². The Balaban J connectivity index is 5.00. The summed E-state index contributed by atoms with van der Waals surface area (Å²) in [6, 6.07) is 2.45. The fourth-order valence-electron chi connectivity index (χ4n) is 1.76. The second-order valence-electron chi connectivity index (χ2n) is 4.84. The highest BCUT2D eigenvalue weighted by molar-refractivity contribution is 6.84. The molecular formula is C12H23NSi. The molecule has 2 heteroatoms. The molecule has 0 bridgehead atoms. The quantitative estimate of drug-likeness (QED) is 0.489. The third kappa shape index (κ3) is 4.10. The van der Waals surface area contributed by atoms with Crippen molar-refractivity contribution in [2.45, 2.75) is 59.2 Å². The summed E-state index contributed by atoms with van der Waals surface area (Å²) in [5, 5.41) is 10.4. The fourth-order valence-corrected chi connectivity index (χ4v) is 3.40. The number of nitrogens with zero attached hydrogens (tertiary/aromatic N) is 1. The van der Waals surface area contributed by atoms with Gasteiger partial charge in [0.15, 0.2) is 0 Å². The molecule has 0 aromatic rings. The molecule has 14 heavy (non-hydrogen) atoms. The van der Waals surface area contributed by atoms with Crippen molar-refractivity contribution >= 4 is 8.07 Å². The first-order chi connectivity index (χ1) is 6.47. The molecule has 0 aliphatic rings. The first-order valence-electron chi connectivity index (χ1n) is 5.59. The Morgan fingerprint density at radius 2 is 1.50 bits per heavy atom. The van der Waals surface area contributed by atoms with Gasteiger partial charge >= 0.3 is 0 Å². The molecule has 0 aliphatic carbocycles. The van der Waals surface area contributed by atoms with Gasteiger partial charge in [0, 0.05) is 5.20 Å². The van der Waals surface area contributed by atoms with Crippen molar-refractivity contribution in [3.8, 4) is 6.07 Å². The summed E-state index contributed by atoms with van der Waals surface area (Å²) in [5.41, 5.74) is 1.43. The molecular weight excluding hydrogens is 186 g/mol. The lowest BCUT2D eigenvalue weighted by atomic mass is 10.1. The topological polar surface area (TPSA) is 23.8 Å². The summed E-state index contributed by atoms with van der Waals surface area (Å²) < 4.78 is 0. The van der Waals surface area contributed by atoms with Crippen LogP contribution in [0.1, 0.15) is 39.5 Å². The Kier molecular flexibility index (Phi) is 5.79. The smallest absolute Gasteiger partial charge is 0.0911 e. The van der Waals surface area contributed by atoms with E-state index in [0.717, 1.165) is 30.9 Å². The molecule has 0 radical (unpaired) electrons. The highest BCUT2D eigenvalue weighted by Crippen LogP contribution is 2.24. The molecule has 0 rings (SSSR count). The van der Waals surface area contributed by atoms with Crippen LogP contribution < -0.4 is 0 Å². The van der Waals surface area contributed by atoms with Gasteiger partial charge in [0.2, 0.25) is 0 Å². The van der Waals surface area contributed by atoms with Crippen molar-refractivity contribution in [1.82, 2.24) is 0 Å². The lowest BCUT2D eigenvalue weighted by Crippen LogP contribution is -2.24. The Morgan fingerprint density at radius 1 is 1.07 bits per heavy atom. The van der Waals surface area contributed by atoms with Gasteiger partial charge in [-0.2, -0.15) is 5.26 Å². The van der Waals surface area contributed by atoms with E-state index in [2.05, 4.69) is 39.6 Å². The molecule has 0 atom stereocenters. The van der Waals surface area contributed by atoms with Crippen molar-refractivity contribution < 1.29 is 0 Å². The van der Waals surface area contributed by atoms with Crippen molar-refractivity contribution in [3.05, 3.63) is 10.8 Å². The summed E-state index contributed by atoms with van der Waals surface area (Å²) in [6.07, 6.45) is 4.54. The molecule has 1 nitrogen and oxygen atoms in total. The van der Waals surface area contributed by atoms with Crippen LogP contribution in [0.15, 0.2) is 10.8 Å². The Bertz CT molecular complexity index is 232. The molecule has 0 spiro atoms. The van der Waals surface area contributed by atoms with Crippen LogP contribution in [0.4, 0.5) is 0 Å². The maximum absolute atomic E-state index is 9.21. The lowest BCUT2D eigenvalue weighted by Gasteiger charge is -2.19. The van der Waals surface area contributed by atoms with Crippen molar-refractivity contribution in [2.75, 3.05) is 0 Å². The second-order valence-corrected chi connectivity index (χ2v) is 9.84. The molecule has 0 N–H and O–H groups in total. The molecule has 0 unspecified atom stereocenters. The van der Waals surface area contributed by atoms with Crippen molar-refractivity contribution in [3.63, 3.8) is 0 Å². The van der Waals surface area contributed by atoms with Crippen molar-refractivity contribution in [2.24, 2.45) is 0 Å². The largest absolute Gasteiger partial charge is 0.193 e. The maximum atomic E-state index is 9.21. The van der Waals surface area contributed by atoms with Gasteiger partial charge in [-0.05, 0) is 12.8 Å². The number of nitriles is 1. The number of hydrogen-bond donors (Lipinski definition) is 0. The molecule has 0 saturated heterocycles. The molecule has 80 valence electrons. The van der Waals surface area contributed by atoms with Gasteiger partial charge in [0.05, 0.1) is 14.1 Å². The lowest BCUT2D eigenvalue weighted by molar-refractivity contribution is 0.800. The van der Waals surface area contributed by atoms with Gasteiger partial charge in [0.25, 0.3) is 0 Å². The van der Waals surface area contributed by atoms with E-state index in [0.29, 0.717) is 0 Å². The van der Waals surface area contributed by atoms with Crippen LogP contribution in [0.3, 0.4) is 0 Å². The molecule has 0 heterocycles. The zero-order valence-corrected chi connectivity index (χ0v) is 11.3. The van der Waals surface area contributed by atoms with E-state index in [1.54, 1.807) is 0 Å². The first kappa shape index (κ1) is 13.4. The van der Waals surface area contributed by atoms with E-state index in [1.807, 2.05) is 0 Å². The molecule has 0 aliphatic heterocycles. The summed E-state index contributed by atoms with van der Waals surface area (Å²) >= 11 is 0. The van der Waals surface area contributed by atoms with Gasteiger partial charge in [0.1, 0.15) is 0 Å². The van der Waals surface area contributed by atoms with Gasteiger partial charge in [-0.1, -0.05) is 51.9 Å². The van der Waals surface area contributed by atoms with Crippen molar-refractivity contribution in [1.29, 1.82) is 5.26 Å². The van der Waals surface area contributed by atoms with E-state index in [4.69, 9.17) is 0 Å². The van der Waals surface area contributed by atoms with Crippen LogP contribution in [-0.4, -0.2) is 8.07 Å². The SMILES string of the molecule is CCCC(CCC)=C(C#N)[Si](C)(C)C. The Hall–Kier alpha value is -0.553. The summed E-state index contributed by atoms with van der Waals surface area (Å²) in [6.45, 7) is 11.2. The van der Waals surface area contributed by atoms with E-state index < -0.39 is 8.07 Å². The summed E-state index contributed by atoms with van der Waals surface area (Å²) in [5.74, 6) is 0. The van der Waals surface area contributed by atoms with Crippen LogP contribution in [-0.2, 0) is 0 Å². The standard InChI is InChI=1S/C12H23NSi/c1-6-8-11(9-7-2)12(10-13)14(3,4)5/h6-9H2,1-5H3. The number of allylic oxidation sites excluding steroid dienone is 2. The Labute approximate surface area is 89.8 Å². The van der Waals surface area contributed by atoms with E-state index >= 15 is 0 Å². The van der Waals surface area contributed by atoms with Crippen LogP contribution >= 0.6 is 0 Å². The minimum Gasteiger partial charge on any atom is -0.193 e. The van der Waals surface area contributed by atoms with Gasteiger partial charge in [-0.25, -0.2) is 0 Å². The number of hydrogen-bond acceptors (Lipinski definition) is 1. The van der Waals surface area contributed by atoms with E-state index in [-0.39, 0.29) is 0 Å². The Morgan fingerprint density at radius 3 is 1.71 bits per heavy atom. The molecule has 0 aromatic carbocycles. The second kappa shape index (κ2) is 6.03. The highest BCUT2D eigenvalue weighted by atomic mass is 28.3. The zero-order valence-electron chi connectivity index (χ0n) is 10.3. The minimum absolute atomic E-state index is 1.11. The third-order valence-corrected chi connectivity index (χ3v) is 4.28. The monoisotopic (exact) mass is 209 g/mol. The van der Waals surface area contributed by atoms with E-state index in [9.17, 15) is 5.26 Å². The first-order valence-corrected chi connectivity index (χ1v) is 9.09. The van der Waals surface area contributed by atoms with Crippen LogP contribution in [0.5, 0.6) is 0 Å². The number of rotatable bonds is 5. The van der Waals surface area contributed by atoms with Crippen LogP contribution in [0.25, 0.3) is 0 Å². The fraction of sp³-hybridized carbons (Fsp3) is 0.750. The molecule has 0 aromatic heterocycles. The third-order valence-electron chi connectivity index (χ3n) is 2.32. The normalized spacial score (nSPS) is 10.9. The predicted octanol–water partition coefficient (Wildman–Crippen LogP) is 4.28. The highest BCUT2D eigenvalue weighted by Gasteiger charge is 2.22. The van der Waals surface area contributed by atoms with E-state index in [1.165, 1.54) is 5.57 Å². The van der Waals surface area contributed by atoms with Crippen LogP contribution in [0.2, 0.25) is 19.6 Å². The predicted molar refractivity (Wildman–Crippen MR) is 65.8 cm³/mol. The minimum atomic E-state index is -1.41. The van der Waals surface area contributed by atoms with Crippen LogP contribution in [0, 0.1) is 11.3 Å². The average Bonchev–Trinajstić information content (AvgIpc) is 2.03. The zero-order chi connectivity index (χ0) is 11.2. The molecule has 0 fully saturated rings. The maximum Gasteiger partial charge on any atom is 0.0911 e. The summed E-state index contributed by atoms with van der Waals surface area (Å²) in [7, 11) is -1.41. The molecule has 0 saturated carbocycles. The molecule has 0 amide bonds.